The first kappa shape index (κ1) is 17.2. The number of likely N-dealkylation sites (tertiary alicyclic amines) is 1. The van der Waals surface area contributed by atoms with E-state index < -0.39 is 5.60 Å². The molecular formula is C15H31N3O2. The predicted molar refractivity (Wildman–Crippen MR) is 82.0 cm³/mol. The van der Waals surface area contributed by atoms with E-state index in [0.717, 1.165) is 26.1 Å². The lowest BCUT2D eigenvalue weighted by Crippen LogP contribution is -2.48. The largest absolute Gasteiger partial charge is 0.444 e. The highest BCUT2D eigenvalue weighted by molar-refractivity contribution is 5.68. The van der Waals surface area contributed by atoms with Gasteiger partial charge in [-0.25, -0.2) is 4.79 Å². The summed E-state index contributed by atoms with van der Waals surface area (Å²) in [5, 5.41) is 6.50. The molecule has 1 rings (SSSR count). The normalized spacial score (nSPS) is 19.6. The number of alkyl carbamates (subject to hydrolysis) is 1. The number of carbonyl (C=O) groups is 1. The molecule has 20 heavy (non-hydrogen) atoms. The maximum atomic E-state index is 11.8. The molecule has 5 heteroatoms. The average Bonchev–Trinajstić information content (AvgIpc) is 2.34. The monoisotopic (exact) mass is 285 g/mol. The number of carbonyl (C=O) groups excluding carboxylic acids is 1. The molecule has 118 valence electrons. The number of piperidine rings is 1. The summed E-state index contributed by atoms with van der Waals surface area (Å²) in [6, 6.07) is 0.699. The van der Waals surface area contributed by atoms with Crippen LogP contribution >= 0.6 is 0 Å². The van der Waals surface area contributed by atoms with E-state index >= 15 is 0 Å². The first-order chi connectivity index (χ1) is 9.30. The van der Waals surface area contributed by atoms with E-state index in [2.05, 4.69) is 29.5 Å². The highest BCUT2D eigenvalue weighted by Gasteiger charge is 2.20. The second-order valence-electron chi connectivity index (χ2n) is 6.74. The minimum atomic E-state index is -0.441. The zero-order chi connectivity index (χ0) is 15.2. The third-order valence-electron chi connectivity index (χ3n) is 3.59. The Morgan fingerprint density at radius 2 is 1.95 bits per heavy atom. The van der Waals surface area contributed by atoms with Gasteiger partial charge in [-0.3, -0.25) is 0 Å². The number of nitrogens with one attached hydrogen (secondary N) is 2. The van der Waals surface area contributed by atoms with E-state index in [4.69, 9.17) is 4.74 Å². The van der Waals surface area contributed by atoms with Gasteiger partial charge in [-0.1, -0.05) is 6.92 Å². The Morgan fingerprint density at radius 3 is 2.45 bits per heavy atom. The van der Waals surface area contributed by atoms with Crippen LogP contribution in [0.5, 0.6) is 0 Å². The minimum Gasteiger partial charge on any atom is -0.444 e. The fourth-order valence-corrected chi connectivity index (χ4v) is 2.29. The molecule has 1 amide bonds. The Morgan fingerprint density at radius 1 is 1.35 bits per heavy atom. The van der Waals surface area contributed by atoms with Crippen molar-refractivity contribution in [3.63, 3.8) is 0 Å². The molecule has 0 bridgehead atoms. The summed E-state index contributed by atoms with van der Waals surface area (Å²) < 4.78 is 5.29. The maximum absolute atomic E-state index is 11.8. The molecule has 0 aliphatic carbocycles. The third kappa shape index (κ3) is 7.10. The van der Waals surface area contributed by atoms with Crippen LogP contribution in [0.3, 0.4) is 0 Å². The lowest BCUT2D eigenvalue weighted by Gasteiger charge is -2.31. The van der Waals surface area contributed by atoms with Gasteiger partial charge in [0.2, 0.25) is 0 Å². The summed E-state index contributed by atoms with van der Waals surface area (Å²) in [6.07, 6.45) is 2.94. The van der Waals surface area contributed by atoms with Crippen LogP contribution in [0.4, 0.5) is 4.79 Å². The molecule has 1 atom stereocenters. The van der Waals surface area contributed by atoms with Gasteiger partial charge in [-0.05, 0) is 60.2 Å². The molecule has 1 aliphatic rings. The van der Waals surface area contributed by atoms with Crippen molar-refractivity contribution in [2.75, 3.05) is 26.7 Å². The van der Waals surface area contributed by atoms with Crippen molar-refractivity contribution in [3.05, 3.63) is 0 Å². The highest BCUT2D eigenvalue weighted by Crippen LogP contribution is 2.09. The molecule has 0 spiro atoms. The van der Waals surface area contributed by atoms with E-state index in [0.29, 0.717) is 6.04 Å². The van der Waals surface area contributed by atoms with E-state index in [-0.39, 0.29) is 12.1 Å². The second-order valence-corrected chi connectivity index (χ2v) is 6.74. The average molecular weight is 285 g/mol. The maximum Gasteiger partial charge on any atom is 0.407 e. The van der Waals surface area contributed by atoms with Crippen molar-refractivity contribution in [1.29, 1.82) is 0 Å². The van der Waals surface area contributed by atoms with Crippen LogP contribution in [0.25, 0.3) is 0 Å². The standard InChI is InChI=1S/C15H31N3O2/c1-6-12(17-14(19)20-15(2,3)4)11-16-13-7-9-18(5)10-8-13/h12-13,16H,6-11H2,1-5H3,(H,17,19). The number of hydrogen-bond acceptors (Lipinski definition) is 4. The molecule has 1 aliphatic heterocycles. The van der Waals surface area contributed by atoms with E-state index in [9.17, 15) is 4.79 Å². The van der Waals surface area contributed by atoms with E-state index in [1.807, 2.05) is 20.8 Å². The molecule has 0 radical (unpaired) electrons. The van der Waals surface area contributed by atoms with Crippen molar-refractivity contribution < 1.29 is 9.53 Å². The zero-order valence-electron chi connectivity index (χ0n) is 13.7. The molecule has 0 aromatic carbocycles. The predicted octanol–water partition coefficient (Wildman–Crippen LogP) is 1.97. The van der Waals surface area contributed by atoms with Gasteiger partial charge >= 0.3 is 6.09 Å². The Kier molecular flexibility index (Phi) is 6.76. The van der Waals surface area contributed by atoms with Gasteiger partial charge in [0.05, 0.1) is 0 Å². The SMILES string of the molecule is CCC(CNC1CCN(C)CC1)NC(=O)OC(C)(C)C. The molecule has 5 nitrogen and oxygen atoms in total. The van der Waals surface area contributed by atoms with Gasteiger partial charge in [0.15, 0.2) is 0 Å². The van der Waals surface area contributed by atoms with Gasteiger partial charge in [0.1, 0.15) is 5.60 Å². The van der Waals surface area contributed by atoms with Crippen LogP contribution in [0.1, 0.15) is 47.0 Å². The first-order valence-corrected chi connectivity index (χ1v) is 7.71. The first-order valence-electron chi connectivity index (χ1n) is 7.71. The van der Waals surface area contributed by atoms with Gasteiger partial charge in [-0.15, -0.1) is 0 Å². The van der Waals surface area contributed by atoms with Crippen LogP contribution in [0, 0.1) is 0 Å². The topological polar surface area (TPSA) is 53.6 Å². The lowest BCUT2D eigenvalue weighted by atomic mass is 10.1. The fraction of sp³-hybridized carbons (Fsp3) is 0.933. The molecule has 2 N–H and O–H groups in total. The van der Waals surface area contributed by atoms with Crippen LogP contribution < -0.4 is 10.6 Å². The molecule has 1 fully saturated rings. The number of ether oxygens (including phenoxy) is 1. The number of hydrogen-bond donors (Lipinski definition) is 2. The number of rotatable bonds is 5. The van der Waals surface area contributed by atoms with Crippen LogP contribution in [-0.4, -0.2) is 55.4 Å². The molecule has 0 saturated carbocycles. The van der Waals surface area contributed by atoms with Gasteiger partial charge < -0.3 is 20.3 Å². The van der Waals surface area contributed by atoms with Gasteiger partial charge in [-0.2, -0.15) is 0 Å². The van der Waals surface area contributed by atoms with Crippen LogP contribution in [-0.2, 0) is 4.74 Å². The molecule has 1 heterocycles. The summed E-state index contributed by atoms with van der Waals surface area (Å²) in [5.74, 6) is 0. The number of nitrogens with zero attached hydrogens (tertiary/aromatic N) is 1. The summed E-state index contributed by atoms with van der Waals surface area (Å²) >= 11 is 0. The lowest BCUT2D eigenvalue weighted by molar-refractivity contribution is 0.0501. The van der Waals surface area contributed by atoms with Crippen LogP contribution in [0.2, 0.25) is 0 Å². The van der Waals surface area contributed by atoms with E-state index in [1.165, 1.54) is 12.8 Å². The summed E-state index contributed by atoms with van der Waals surface area (Å²) in [7, 11) is 2.16. The molecular weight excluding hydrogens is 254 g/mol. The Balaban J connectivity index is 2.27. The van der Waals surface area contributed by atoms with Crippen molar-refractivity contribution in [2.24, 2.45) is 0 Å². The zero-order valence-corrected chi connectivity index (χ0v) is 13.7. The Hall–Kier alpha value is -0.810. The smallest absolute Gasteiger partial charge is 0.407 e. The summed E-state index contributed by atoms with van der Waals surface area (Å²) in [5.41, 5.74) is -0.441. The Bertz CT molecular complexity index is 294. The molecule has 1 saturated heterocycles. The molecule has 0 aromatic heterocycles. The minimum absolute atomic E-state index is 0.129. The van der Waals surface area contributed by atoms with Gasteiger partial charge in [0.25, 0.3) is 0 Å². The van der Waals surface area contributed by atoms with Crippen LogP contribution in [0.15, 0.2) is 0 Å². The number of amides is 1. The van der Waals surface area contributed by atoms with Crippen molar-refractivity contribution in [2.45, 2.75) is 64.6 Å². The Labute approximate surface area is 123 Å². The fourth-order valence-electron chi connectivity index (χ4n) is 2.29. The van der Waals surface area contributed by atoms with E-state index in [1.54, 1.807) is 0 Å². The third-order valence-corrected chi connectivity index (χ3v) is 3.59. The van der Waals surface area contributed by atoms with Crippen molar-refractivity contribution >= 4 is 6.09 Å². The molecule has 1 unspecified atom stereocenters. The van der Waals surface area contributed by atoms with Gasteiger partial charge in [0, 0.05) is 18.6 Å². The highest BCUT2D eigenvalue weighted by atomic mass is 16.6. The second kappa shape index (κ2) is 7.84. The quantitative estimate of drug-likeness (QED) is 0.811. The molecule has 0 aromatic rings. The summed E-state index contributed by atoms with van der Waals surface area (Å²) in [4.78, 5) is 14.1. The van der Waals surface area contributed by atoms with Crippen molar-refractivity contribution in [3.8, 4) is 0 Å². The summed E-state index contributed by atoms with van der Waals surface area (Å²) in [6.45, 7) is 10.8. The van der Waals surface area contributed by atoms with Crippen molar-refractivity contribution in [1.82, 2.24) is 15.5 Å².